The fourth-order valence-corrected chi connectivity index (χ4v) is 1.76. The first kappa shape index (κ1) is 8.79. The molecule has 0 aromatic rings. The van der Waals surface area contributed by atoms with Gasteiger partial charge >= 0.3 is 0 Å². The summed E-state index contributed by atoms with van der Waals surface area (Å²) in [4.78, 5) is 2.49. The quantitative estimate of drug-likeness (QED) is 0.562. The van der Waals surface area contributed by atoms with Gasteiger partial charge in [0.25, 0.3) is 0 Å². The van der Waals surface area contributed by atoms with Gasteiger partial charge in [0.1, 0.15) is 0 Å². The van der Waals surface area contributed by atoms with Crippen molar-refractivity contribution in [3.05, 3.63) is 12.7 Å². The maximum absolute atomic E-state index is 3.75. The molecule has 0 saturated carbocycles. The zero-order valence-corrected chi connectivity index (χ0v) is 7.55. The first-order valence-corrected chi connectivity index (χ1v) is 4.70. The van der Waals surface area contributed by atoms with Crippen LogP contribution >= 0.6 is 0 Å². The zero-order chi connectivity index (χ0) is 8.10. The molecule has 0 N–H and O–H groups in total. The van der Waals surface area contributed by atoms with E-state index in [0.717, 1.165) is 12.5 Å². The Hall–Kier alpha value is -0.300. The lowest BCUT2D eigenvalue weighted by atomic mass is 9.94. The molecule has 1 heteroatoms. The molecule has 1 heterocycles. The standard InChI is InChI=1S/C10H19N/c1-3-7-11-8-5-10(4-2)6-9-11/h3,10H,1,4-9H2,2H3. The van der Waals surface area contributed by atoms with Crippen molar-refractivity contribution >= 4 is 0 Å². The Bertz CT molecular complexity index is 112. The molecule has 0 bridgehead atoms. The summed E-state index contributed by atoms with van der Waals surface area (Å²) in [5, 5.41) is 0. The minimum absolute atomic E-state index is 0.996. The van der Waals surface area contributed by atoms with Gasteiger partial charge in [-0.25, -0.2) is 0 Å². The number of piperidine rings is 1. The summed E-state index contributed by atoms with van der Waals surface area (Å²) in [7, 11) is 0. The van der Waals surface area contributed by atoms with Crippen LogP contribution in [0.1, 0.15) is 26.2 Å². The van der Waals surface area contributed by atoms with Crippen LogP contribution in [0.4, 0.5) is 0 Å². The molecular weight excluding hydrogens is 134 g/mol. The SMILES string of the molecule is C=CCN1CCC(CC)CC1. The zero-order valence-electron chi connectivity index (χ0n) is 7.55. The number of nitrogens with zero attached hydrogens (tertiary/aromatic N) is 1. The van der Waals surface area contributed by atoms with Gasteiger partial charge in [0, 0.05) is 6.54 Å². The minimum Gasteiger partial charge on any atom is -0.300 e. The molecule has 0 atom stereocenters. The molecule has 11 heavy (non-hydrogen) atoms. The van der Waals surface area contributed by atoms with Gasteiger partial charge in [-0.3, -0.25) is 4.90 Å². The average Bonchev–Trinajstić information content (AvgIpc) is 2.07. The third-order valence-electron chi connectivity index (χ3n) is 2.67. The van der Waals surface area contributed by atoms with Gasteiger partial charge in [0.2, 0.25) is 0 Å². The van der Waals surface area contributed by atoms with Crippen molar-refractivity contribution in [3.8, 4) is 0 Å². The molecule has 0 spiro atoms. The van der Waals surface area contributed by atoms with Gasteiger partial charge in [0.15, 0.2) is 0 Å². The summed E-state index contributed by atoms with van der Waals surface area (Å²) >= 11 is 0. The molecule has 1 aliphatic heterocycles. The van der Waals surface area contributed by atoms with Crippen molar-refractivity contribution in [1.29, 1.82) is 0 Å². The van der Waals surface area contributed by atoms with Gasteiger partial charge < -0.3 is 0 Å². The Kier molecular flexibility index (Phi) is 3.64. The van der Waals surface area contributed by atoms with E-state index in [-0.39, 0.29) is 0 Å². The van der Waals surface area contributed by atoms with Crippen molar-refractivity contribution in [3.63, 3.8) is 0 Å². The van der Waals surface area contributed by atoms with Gasteiger partial charge in [-0.05, 0) is 31.8 Å². The van der Waals surface area contributed by atoms with E-state index in [1.54, 1.807) is 0 Å². The molecule has 0 aromatic carbocycles. The summed E-state index contributed by atoms with van der Waals surface area (Å²) in [6, 6.07) is 0. The van der Waals surface area contributed by atoms with Crippen LogP contribution in [0.3, 0.4) is 0 Å². The molecule has 64 valence electrons. The second-order valence-corrected chi connectivity index (χ2v) is 3.44. The van der Waals surface area contributed by atoms with Crippen LogP contribution in [-0.4, -0.2) is 24.5 Å². The Morgan fingerprint density at radius 2 is 2.09 bits per heavy atom. The van der Waals surface area contributed by atoms with E-state index in [2.05, 4.69) is 18.4 Å². The van der Waals surface area contributed by atoms with Crippen molar-refractivity contribution in [1.82, 2.24) is 4.90 Å². The highest BCUT2D eigenvalue weighted by atomic mass is 15.1. The summed E-state index contributed by atoms with van der Waals surface area (Å²) in [5.74, 6) is 0.996. The summed E-state index contributed by atoms with van der Waals surface area (Å²) < 4.78 is 0. The highest BCUT2D eigenvalue weighted by Gasteiger charge is 2.15. The molecule has 1 rings (SSSR count). The third-order valence-corrected chi connectivity index (χ3v) is 2.67. The first-order chi connectivity index (χ1) is 5.36. The van der Waals surface area contributed by atoms with Crippen LogP contribution in [0, 0.1) is 5.92 Å². The van der Waals surface area contributed by atoms with Gasteiger partial charge in [-0.15, -0.1) is 6.58 Å². The van der Waals surface area contributed by atoms with Crippen molar-refractivity contribution < 1.29 is 0 Å². The van der Waals surface area contributed by atoms with E-state index in [1.165, 1.54) is 32.4 Å². The Morgan fingerprint density at radius 1 is 1.45 bits per heavy atom. The molecule has 0 unspecified atom stereocenters. The average molecular weight is 153 g/mol. The second kappa shape index (κ2) is 4.55. The van der Waals surface area contributed by atoms with E-state index in [0.29, 0.717) is 0 Å². The maximum atomic E-state index is 3.75. The first-order valence-electron chi connectivity index (χ1n) is 4.70. The van der Waals surface area contributed by atoms with Crippen LogP contribution in [0.2, 0.25) is 0 Å². The summed E-state index contributed by atoms with van der Waals surface area (Å²) in [5.41, 5.74) is 0. The molecular formula is C10H19N. The van der Waals surface area contributed by atoms with Crippen LogP contribution in [0.25, 0.3) is 0 Å². The number of likely N-dealkylation sites (tertiary alicyclic amines) is 1. The number of hydrogen-bond acceptors (Lipinski definition) is 1. The lowest BCUT2D eigenvalue weighted by Gasteiger charge is -2.30. The minimum atomic E-state index is 0.996. The van der Waals surface area contributed by atoms with Crippen LogP contribution in [0.5, 0.6) is 0 Å². The van der Waals surface area contributed by atoms with E-state index >= 15 is 0 Å². The Labute approximate surface area is 70.1 Å². The monoisotopic (exact) mass is 153 g/mol. The van der Waals surface area contributed by atoms with E-state index in [4.69, 9.17) is 0 Å². The van der Waals surface area contributed by atoms with Crippen molar-refractivity contribution in [2.75, 3.05) is 19.6 Å². The molecule has 1 fully saturated rings. The van der Waals surface area contributed by atoms with Gasteiger partial charge in [-0.1, -0.05) is 19.4 Å². The van der Waals surface area contributed by atoms with Crippen LogP contribution in [-0.2, 0) is 0 Å². The fraction of sp³-hybridized carbons (Fsp3) is 0.800. The van der Waals surface area contributed by atoms with E-state index in [9.17, 15) is 0 Å². The predicted octanol–water partition coefficient (Wildman–Crippen LogP) is 2.29. The smallest absolute Gasteiger partial charge is 0.0160 e. The second-order valence-electron chi connectivity index (χ2n) is 3.44. The molecule has 1 saturated heterocycles. The van der Waals surface area contributed by atoms with E-state index < -0.39 is 0 Å². The number of hydrogen-bond donors (Lipinski definition) is 0. The largest absolute Gasteiger partial charge is 0.300 e. The molecule has 1 aliphatic rings. The lowest BCUT2D eigenvalue weighted by Crippen LogP contribution is -2.33. The predicted molar refractivity (Wildman–Crippen MR) is 49.7 cm³/mol. The molecule has 0 radical (unpaired) electrons. The summed E-state index contributed by atoms with van der Waals surface area (Å²) in [6.07, 6.45) is 6.16. The molecule has 0 aromatic heterocycles. The van der Waals surface area contributed by atoms with Crippen LogP contribution in [0.15, 0.2) is 12.7 Å². The summed E-state index contributed by atoms with van der Waals surface area (Å²) in [6.45, 7) is 9.70. The normalized spacial score (nSPS) is 21.9. The van der Waals surface area contributed by atoms with Gasteiger partial charge in [-0.2, -0.15) is 0 Å². The molecule has 0 aliphatic carbocycles. The topological polar surface area (TPSA) is 3.24 Å². The van der Waals surface area contributed by atoms with Crippen molar-refractivity contribution in [2.45, 2.75) is 26.2 Å². The van der Waals surface area contributed by atoms with Gasteiger partial charge in [0.05, 0.1) is 0 Å². The molecule has 1 nitrogen and oxygen atoms in total. The molecule has 0 amide bonds. The number of rotatable bonds is 3. The highest BCUT2D eigenvalue weighted by molar-refractivity contribution is 4.77. The highest BCUT2D eigenvalue weighted by Crippen LogP contribution is 2.19. The third kappa shape index (κ3) is 2.66. The maximum Gasteiger partial charge on any atom is 0.0160 e. The van der Waals surface area contributed by atoms with Crippen molar-refractivity contribution in [2.24, 2.45) is 5.92 Å². The van der Waals surface area contributed by atoms with E-state index in [1.807, 2.05) is 6.08 Å². The Balaban J connectivity index is 2.18. The van der Waals surface area contributed by atoms with Crippen LogP contribution < -0.4 is 0 Å². The lowest BCUT2D eigenvalue weighted by molar-refractivity contribution is 0.198. The fourth-order valence-electron chi connectivity index (χ4n) is 1.76. The Morgan fingerprint density at radius 3 is 2.55 bits per heavy atom.